The fourth-order valence-corrected chi connectivity index (χ4v) is 7.94. The van der Waals surface area contributed by atoms with Crippen molar-refractivity contribution < 1.29 is 22.4 Å². The fraction of sp³-hybridized carbons (Fsp3) is 0.583. The summed E-state index contributed by atoms with van der Waals surface area (Å²) in [5.41, 5.74) is 4.41. The van der Waals surface area contributed by atoms with E-state index in [-0.39, 0.29) is 17.1 Å². The number of benzene rings is 1. The minimum atomic E-state index is -4.83. The summed E-state index contributed by atoms with van der Waals surface area (Å²) >= 11 is 1.65. The van der Waals surface area contributed by atoms with E-state index in [2.05, 4.69) is 15.2 Å². The molecule has 0 radical (unpaired) electrons. The molecule has 2 unspecified atom stereocenters. The highest BCUT2D eigenvalue weighted by Crippen LogP contribution is 2.91. The van der Waals surface area contributed by atoms with E-state index in [0.29, 0.717) is 36.9 Å². The number of nitrogens with one attached hydrogen (secondary N) is 1. The Bertz CT molecular complexity index is 1140. The van der Waals surface area contributed by atoms with Crippen LogP contribution in [0.25, 0.3) is 0 Å². The van der Waals surface area contributed by atoms with E-state index in [9.17, 15) is 22.4 Å². The molecular weight excluding hydrogens is 482 g/mol. The standard InChI is InChI=1S/C24H27F4N5OS/c25-16-4-3-13(9-14(16)24(26,27)28)31-22(34)33(8-7-32-5-1-2-6-32)17-10-15-20-21(17)23(15,20)18-12-30-19(11-29)35-18/h3-4,9,12,15,17,20-21H,1-2,5-8,10-11,29H2,(H,31,34)/t15?,17-,20?,21+,23+/m1/s1. The highest BCUT2D eigenvalue weighted by atomic mass is 32.1. The lowest BCUT2D eigenvalue weighted by Gasteiger charge is -2.31. The van der Waals surface area contributed by atoms with Gasteiger partial charge in [0.2, 0.25) is 0 Å². The number of alkyl halides is 3. The van der Waals surface area contributed by atoms with E-state index in [0.717, 1.165) is 50.0 Å². The summed E-state index contributed by atoms with van der Waals surface area (Å²) in [6, 6.07) is 2.19. The van der Waals surface area contributed by atoms with Gasteiger partial charge in [0.15, 0.2) is 0 Å². The van der Waals surface area contributed by atoms with Crippen LogP contribution in [-0.2, 0) is 18.1 Å². The van der Waals surface area contributed by atoms with Gasteiger partial charge in [0.25, 0.3) is 0 Å². The molecule has 1 aromatic heterocycles. The molecule has 35 heavy (non-hydrogen) atoms. The van der Waals surface area contributed by atoms with Crippen molar-refractivity contribution in [1.82, 2.24) is 14.8 Å². The Kier molecular flexibility index (Phi) is 5.39. The van der Waals surface area contributed by atoms with E-state index >= 15 is 0 Å². The van der Waals surface area contributed by atoms with Gasteiger partial charge in [-0.15, -0.1) is 11.3 Å². The van der Waals surface area contributed by atoms with Gasteiger partial charge in [-0.25, -0.2) is 14.2 Å². The lowest BCUT2D eigenvalue weighted by atomic mass is 10.0. The van der Waals surface area contributed by atoms with Gasteiger partial charge >= 0.3 is 12.2 Å². The van der Waals surface area contributed by atoms with Gasteiger partial charge in [-0.3, -0.25) is 0 Å². The number of hydrogen-bond donors (Lipinski definition) is 2. The number of carbonyl (C=O) groups is 1. The van der Waals surface area contributed by atoms with Gasteiger partial charge in [0.05, 0.1) is 5.56 Å². The van der Waals surface area contributed by atoms with Crippen molar-refractivity contribution in [2.45, 2.75) is 43.4 Å². The highest BCUT2D eigenvalue weighted by Gasteiger charge is 2.93. The Morgan fingerprint density at radius 2 is 2.06 bits per heavy atom. The molecule has 2 heterocycles. The van der Waals surface area contributed by atoms with Gasteiger partial charge < -0.3 is 20.9 Å². The Morgan fingerprint density at radius 3 is 2.71 bits per heavy atom. The summed E-state index contributed by atoms with van der Waals surface area (Å²) in [5, 5.41) is 3.53. The molecule has 1 aliphatic heterocycles. The van der Waals surface area contributed by atoms with Crippen LogP contribution in [0.1, 0.15) is 34.7 Å². The Morgan fingerprint density at radius 1 is 1.29 bits per heavy atom. The number of aromatic nitrogens is 1. The largest absolute Gasteiger partial charge is 0.419 e. The van der Waals surface area contributed by atoms with Crippen molar-refractivity contribution in [3.8, 4) is 0 Å². The van der Waals surface area contributed by atoms with Gasteiger partial charge in [-0.1, -0.05) is 0 Å². The van der Waals surface area contributed by atoms with Crippen LogP contribution in [0.4, 0.5) is 28.0 Å². The fourth-order valence-electron chi connectivity index (χ4n) is 6.79. The molecule has 7 rings (SSSR count). The van der Waals surface area contributed by atoms with E-state index in [1.54, 1.807) is 11.3 Å². The van der Waals surface area contributed by atoms with Crippen LogP contribution < -0.4 is 11.1 Å². The van der Waals surface area contributed by atoms with Gasteiger partial charge in [-0.2, -0.15) is 13.2 Å². The van der Waals surface area contributed by atoms with Crippen LogP contribution >= 0.6 is 11.3 Å². The second kappa shape index (κ2) is 8.14. The molecule has 5 aliphatic rings. The molecule has 5 atom stereocenters. The van der Waals surface area contributed by atoms with Gasteiger partial charge in [0.1, 0.15) is 10.8 Å². The maximum Gasteiger partial charge on any atom is 0.419 e. The molecule has 1 aromatic carbocycles. The lowest BCUT2D eigenvalue weighted by molar-refractivity contribution is -0.139. The molecule has 0 spiro atoms. The summed E-state index contributed by atoms with van der Waals surface area (Å²) in [6.07, 6.45) is 0.246. The van der Waals surface area contributed by atoms with Gasteiger partial charge in [0, 0.05) is 47.9 Å². The maximum atomic E-state index is 13.7. The molecule has 6 nitrogen and oxygen atoms in total. The van der Waals surface area contributed by atoms with Crippen LogP contribution in [0, 0.1) is 23.6 Å². The molecule has 3 N–H and O–H groups in total. The molecule has 5 fully saturated rings. The van der Waals surface area contributed by atoms with Crippen molar-refractivity contribution >= 4 is 23.1 Å². The zero-order chi connectivity index (χ0) is 24.5. The number of likely N-dealkylation sites (tertiary alicyclic amines) is 1. The van der Waals surface area contributed by atoms with E-state index in [1.807, 2.05) is 11.1 Å². The minimum absolute atomic E-state index is 0.0264. The summed E-state index contributed by atoms with van der Waals surface area (Å²) in [5.74, 6) is 0.0587. The summed E-state index contributed by atoms with van der Waals surface area (Å²) in [4.78, 5) is 23.2. The Hall–Kier alpha value is -2.24. The number of thiazole rings is 1. The molecule has 2 aromatic rings. The van der Waals surface area contributed by atoms with Crippen molar-refractivity contribution in [1.29, 1.82) is 0 Å². The Balaban J connectivity index is 1.21. The number of nitrogens with zero attached hydrogens (tertiary/aromatic N) is 3. The number of urea groups is 1. The summed E-state index contributed by atoms with van der Waals surface area (Å²) in [7, 11) is 0. The molecule has 4 aliphatic carbocycles. The van der Waals surface area contributed by atoms with E-state index in [1.165, 1.54) is 10.9 Å². The molecule has 11 heteroatoms. The molecule has 2 amide bonds. The van der Waals surface area contributed by atoms with Crippen molar-refractivity contribution in [3.05, 3.63) is 45.7 Å². The SMILES string of the molecule is NCc1ncc([C@]23C4C[C@@H](N(CCN5CCCC5)C(=O)Nc5ccc(F)c(C(F)(F)F)c5)[C@H]2C43)s1. The molecule has 2 bridgehead atoms. The van der Waals surface area contributed by atoms with Gasteiger partial charge in [-0.05, 0) is 68.3 Å². The highest BCUT2D eigenvalue weighted by molar-refractivity contribution is 7.11. The van der Waals surface area contributed by atoms with Crippen molar-refractivity contribution in [2.24, 2.45) is 23.5 Å². The molecule has 4 saturated carbocycles. The number of halogens is 4. The first-order chi connectivity index (χ1) is 16.7. The summed E-state index contributed by atoms with van der Waals surface area (Å²) in [6.45, 7) is 3.63. The first kappa shape index (κ1) is 23.2. The number of rotatable bonds is 7. The van der Waals surface area contributed by atoms with Crippen molar-refractivity contribution in [3.63, 3.8) is 0 Å². The summed E-state index contributed by atoms with van der Waals surface area (Å²) < 4.78 is 53.3. The number of anilines is 1. The Labute approximate surface area is 204 Å². The minimum Gasteiger partial charge on any atom is -0.325 e. The predicted octanol–water partition coefficient (Wildman–Crippen LogP) is 4.28. The van der Waals surface area contributed by atoms with Crippen LogP contribution in [0.15, 0.2) is 24.4 Å². The average Bonchev–Trinajstić information content (AvgIpc) is 3.31. The van der Waals surface area contributed by atoms with Crippen LogP contribution in [-0.4, -0.2) is 53.0 Å². The topological polar surface area (TPSA) is 74.5 Å². The average molecular weight is 510 g/mol. The smallest absolute Gasteiger partial charge is 0.325 e. The second-order valence-electron chi connectivity index (χ2n) is 10.1. The number of nitrogens with two attached hydrogens (primary N) is 1. The van der Waals surface area contributed by atoms with E-state index < -0.39 is 23.6 Å². The maximum absolute atomic E-state index is 13.7. The first-order valence-electron chi connectivity index (χ1n) is 12.1. The normalized spacial score (nSPS) is 30.9. The third-order valence-corrected chi connectivity index (χ3v) is 9.61. The zero-order valence-electron chi connectivity index (χ0n) is 19.0. The first-order valence-corrected chi connectivity index (χ1v) is 12.9. The lowest BCUT2D eigenvalue weighted by Crippen LogP contribution is -2.46. The molecule has 188 valence electrons. The number of hydrogen-bond acceptors (Lipinski definition) is 5. The molecular formula is C24H27F4N5OS. The quantitative estimate of drug-likeness (QED) is 0.547. The predicted molar refractivity (Wildman–Crippen MR) is 123 cm³/mol. The third-order valence-electron chi connectivity index (χ3n) is 8.42. The molecule has 1 saturated heterocycles. The van der Waals surface area contributed by atoms with Crippen LogP contribution in [0.2, 0.25) is 0 Å². The number of amides is 2. The zero-order valence-corrected chi connectivity index (χ0v) is 19.8. The number of carbonyl (C=O) groups excluding carboxylic acids is 1. The van der Waals surface area contributed by atoms with Crippen LogP contribution in [0.5, 0.6) is 0 Å². The van der Waals surface area contributed by atoms with E-state index in [4.69, 9.17) is 5.73 Å². The van der Waals surface area contributed by atoms with Crippen molar-refractivity contribution in [2.75, 3.05) is 31.5 Å². The number of fused-ring (bicyclic) bond motifs is 1. The second-order valence-corrected chi connectivity index (χ2v) is 11.2. The third kappa shape index (κ3) is 3.65. The monoisotopic (exact) mass is 509 g/mol. The van der Waals surface area contributed by atoms with Crippen LogP contribution in [0.3, 0.4) is 0 Å².